The van der Waals surface area contributed by atoms with Gasteiger partial charge in [-0.15, -0.1) is 0 Å². The Hall–Kier alpha value is -5.20. The summed E-state index contributed by atoms with van der Waals surface area (Å²) >= 11 is 0. The fourth-order valence-electron chi connectivity index (χ4n) is 4.68. The van der Waals surface area contributed by atoms with Gasteiger partial charge >= 0.3 is 11.7 Å². The first-order valence-corrected chi connectivity index (χ1v) is 12.3. The fraction of sp³-hybridized carbons (Fsp3) is 0.222. The molecule has 40 heavy (non-hydrogen) atoms. The summed E-state index contributed by atoms with van der Waals surface area (Å²) in [6.45, 7) is 1.68. The van der Waals surface area contributed by atoms with Crippen molar-refractivity contribution < 1.29 is 33.6 Å². The van der Waals surface area contributed by atoms with Crippen molar-refractivity contribution in [1.82, 2.24) is 25.2 Å². The van der Waals surface area contributed by atoms with Crippen molar-refractivity contribution in [2.75, 3.05) is 7.11 Å². The summed E-state index contributed by atoms with van der Waals surface area (Å²) in [6, 6.07) is 10.1. The van der Waals surface area contributed by atoms with E-state index < -0.39 is 23.8 Å². The van der Waals surface area contributed by atoms with Crippen molar-refractivity contribution in [1.29, 1.82) is 0 Å². The van der Waals surface area contributed by atoms with Gasteiger partial charge in [0, 0.05) is 12.6 Å². The third-order valence-electron chi connectivity index (χ3n) is 6.73. The van der Waals surface area contributed by atoms with Crippen LogP contribution in [0.1, 0.15) is 66.1 Å². The van der Waals surface area contributed by atoms with E-state index in [0.717, 1.165) is 28.9 Å². The third-order valence-corrected chi connectivity index (χ3v) is 6.73. The van der Waals surface area contributed by atoms with Crippen molar-refractivity contribution in [3.63, 3.8) is 0 Å². The minimum Gasteiger partial charge on any atom is -0.478 e. The van der Waals surface area contributed by atoms with Crippen LogP contribution in [0.15, 0.2) is 48.7 Å². The summed E-state index contributed by atoms with van der Waals surface area (Å²) in [5.74, 6) is -2.61. The quantitative estimate of drug-likeness (QED) is 0.284. The highest BCUT2D eigenvalue weighted by atomic mass is 19.1. The lowest BCUT2D eigenvalue weighted by molar-refractivity contribution is -0.735. The second-order valence-electron chi connectivity index (χ2n) is 9.28. The number of hydrogen-bond acceptors (Lipinski definition) is 7. The monoisotopic (exact) mass is 547 g/mol. The number of nitrogens with zero attached hydrogens (tertiary/aromatic N) is 4. The molecule has 0 fully saturated rings. The molecule has 0 aliphatic heterocycles. The lowest BCUT2D eigenvalue weighted by atomic mass is 10.0. The van der Waals surface area contributed by atoms with E-state index >= 15 is 0 Å². The zero-order valence-electron chi connectivity index (χ0n) is 21.5. The van der Waals surface area contributed by atoms with E-state index in [0.29, 0.717) is 24.0 Å². The van der Waals surface area contributed by atoms with Crippen LogP contribution in [0.4, 0.5) is 10.1 Å². The van der Waals surface area contributed by atoms with Crippen LogP contribution >= 0.6 is 0 Å². The van der Waals surface area contributed by atoms with Gasteiger partial charge < -0.3 is 15.7 Å². The molecule has 2 heterocycles. The molecule has 5 rings (SSSR count). The van der Waals surface area contributed by atoms with E-state index in [4.69, 9.17) is 4.84 Å². The Kier molecular flexibility index (Phi) is 6.94. The number of carbonyl (C=O) groups is 3. The molecule has 1 aliphatic carbocycles. The lowest BCUT2D eigenvalue weighted by Crippen LogP contribution is -2.30. The molecule has 0 unspecified atom stereocenters. The molecule has 13 heteroatoms. The number of halogens is 1. The van der Waals surface area contributed by atoms with Gasteiger partial charge in [-0.05, 0) is 60.2 Å². The van der Waals surface area contributed by atoms with Gasteiger partial charge in [0.2, 0.25) is 5.65 Å². The molecule has 0 saturated carbocycles. The first-order valence-electron chi connectivity index (χ1n) is 12.3. The zero-order valence-corrected chi connectivity index (χ0v) is 21.5. The van der Waals surface area contributed by atoms with Crippen molar-refractivity contribution in [3.8, 4) is 0 Å². The lowest BCUT2D eigenvalue weighted by Gasteiger charge is -2.15. The average molecular weight is 548 g/mol. The van der Waals surface area contributed by atoms with Crippen molar-refractivity contribution in [3.05, 3.63) is 98.6 Å². The van der Waals surface area contributed by atoms with Crippen LogP contribution in [0.25, 0.3) is 5.65 Å². The number of fused-ring (bicyclic) bond motifs is 2. The van der Waals surface area contributed by atoms with Gasteiger partial charge in [0.25, 0.3) is 16.7 Å². The maximum Gasteiger partial charge on any atom is 0.380 e. The summed E-state index contributed by atoms with van der Waals surface area (Å²) in [5, 5.41) is 19.0. The molecule has 1 aliphatic rings. The predicted molar refractivity (Wildman–Crippen MR) is 138 cm³/mol. The summed E-state index contributed by atoms with van der Waals surface area (Å²) < 4.78 is 14.7. The van der Waals surface area contributed by atoms with Crippen LogP contribution < -0.4 is 10.6 Å². The number of hydrogen-bond donors (Lipinski definition) is 3. The van der Waals surface area contributed by atoms with Crippen LogP contribution in [0.2, 0.25) is 0 Å². The molecule has 3 N–H and O–H groups in total. The number of rotatable bonds is 8. The summed E-state index contributed by atoms with van der Waals surface area (Å²) in [5.41, 5.74) is 2.46. The Bertz CT molecular complexity index is 1700. The molecule has 0 saturated heterocycles. The molecule has 204 valence electrons. The largest absolute Gasteiger partial charge is 0.478 e. The highest BCUT2D eigenvalue weighted by Crippen LogP contribution is 2.32. The number of benzene rings is 2. The molecular formula is C27H24FN6O6+. The number of carbonyl (C=O) groups excluding carboxylic acids is 2. The van der Waals surface area contributed by atoms with Gasteiger partial charge in [-0.25, -0.2) is 23.5 Å². The smallest absolute Gasteiger partial charge is 0.380 e. The minimum atomic E-state index is -1.03. The molecule has 2 amide bonds. The van der Waals surface area contributed by atoms with E-state index in [1.165, 1.54) is 18.2 Å². The highest BCUT2D eigenvalue weighted by Gasteiger charge is 2.30. The Labute approximate surface area is 226 Å². The van der Waals surface area contributed by atoms with Gasteiger partial charge in [0.15, 0.2) is 7.11 Å². The second kappa shape index (κ2) is 10.5. The Morgan fingerprint density at radius 3 is 2.70 bits per heavy atom. The van der Waals surface area contributed by atoms with Gasteiger partial charge in [0.05, 0.1) is 16.5 Å². The normalized spacial score (nSPS) is 14.0. The molecule has 12 nitrogen and oxygen atoms in total. The van der Waals surface area contributed by atoms with Crippen LogP contribution in [0.3, 0.4) is 0 Å². The molecule has 0 radical (unpaired) electrons. The fourth-order valence-corrected chi connectivity index (χ4v) is 4.68. The molecule has 1 atom stereocenters. The van der Waals surface area contributed by atoms with Gasteiger partial charge in [0.1, 0.15) is 23.4 Å². The van der Waals surface area contributed by atoms with Gasteiger partial charge in [-0.2, -0.15) is 5.10 Å². The number of nitrogens with one attached hydrogen (secondary N) is 2. The second-order valence-corrected chi connectivity index (χ2v) is 9.28. The van der Waals surface area contributed by atoms with Crippen LogP contribution in [0, 0.1) is 17.6 Å². The van der Waals surface area contributed by atoms with Crippen molar-refractivity contribution >= 4 is 29.1 Å². The maximum absolute atomic E-state index is 13.6. The zero-order chi connectivity index (χ0) is 28.6. The SMILES string of the molecule is CO[N+](=O)c1cnn2c(C(=O)N[C@H]3CCc4cc(C(=O)O)ccc43)cc(C(=O)NCc3ccc(F)c(C)c3)nc12. The molecule has 4 aromatic rings. The van der Waals surface area contributed by atoms with Crippen LogP contribution in [-0.4, -0.2) is 49.5 Å². The molecular weight excluding hydrogens is 523 g/mol. The third kappa shape index (κ3) is 4.96. The Morgan fingerprint density at radius 2 is 1.98 bits per heavy atom. The van der Waals surface area contributed by atoms with E-state index in [1.807, 2.05) is 0 Å². The number of aromatic carboxylic acids is 1. The van der Waals surface area contributed by atoms with Gasteiger partial charge in [-0.1, -0.05) is 18.2 Å². The van der Waals surface area contributed by atoms with E-state index in [2.05, 4.69) is 20.7 Å². The van der Waals surface area contributed by atoms with Crippen molar-refractivity contribution in [2.24, 2.45) is 0 Å². The number of aryl methyl sites for hydroxylation is 2. The average Bonchev–Trinajstić information content (AvgIpc) is 3.56. The summed E-state index contributed by atoms with van der Waals surface area (Å²) in [6.07, 6.45) is 2.29. The topological polar surface area (TPSA) is 155 Å². The highest BCUT2D eigenvalue weighted by molar-refractivity contribution is 5.99. The maximum atomic E-state index is 13.6. The molecule has 0 bridgehead atoms. The first-order chi connectivity index (χ1) is 19.2. The number of aromatic nitrogens is 3. The predicted octanol–water partition coefficient (Wildman–Crippen LogP) is 3.19. The molecule has 2 aromatic heterocycles. The van der Waals surface area contributed by atoms with Crippen LogP contribution in [-0.2, 0) is 17.8 Å². The van der Waals surface area contributed by atoms with E-state index in [9.17, 15) is 28.8 Å². The Morgan fingerprint density at radius 1 is 1.18 bits per heavy atom. The van der Waals surface area contributed by atoms with E-state index in [1.54, 1.807) is 31.2 Å². The summed E-state index contributed by atoms with van der Waals surface area (Å²) in [7, 11) is 1.15. The van der Waals surface area contributed by atoms with Crippen molar-refractivity contribution in [2.45, 2.75) is 32.4 Å². The summed E-state index contributed by atoms with van der Waals surface area (Å²) in [4.78, 5) is 59.2. The van der Waals surface area contributed by atoms with Gasteiger partial charge in [-0.3, -0.25) is 9.59 Å². The van der Waals surface area contributed by atoms with E-state index in [-0.39, 0.29) is 45.6 Å². The number of carboxylic acids is 1. The number of carboxylic acid groups (broad SMARTS) is 1. The minimum absolute atomic E-state index is 0.0564. The number of amides is 2. The standard InChI is InChI=1S/C27H23FN6O6/c1-14-9-15(3-7-19(14)28)12-29-25(35)21-11-22(33-24(31-21)23(13-30-33)34(39)40-2)26(36)32-20-8-5-16-10-17(27(37)38)4-6-18(16)20/h3-4,6-7,9-11,13,20H,5,8,12H2,1-2H3,(H2-,29,32,35,36,37,38)/p+1/t20-/m0/s1. The van der Waals surface area contributed by atoms with Crippen LogP contribution in [0.5, 0.6) is 0 Å². The molecule has 0 spiro atoms. The molecule has 2 aromatic carbocycles. The Balaban J connectivity index is 1.45. The first kappa shape index (κ1) is 26.4.